The van der Waals surface area contributed by atoms with E-state index in [1.54, 1.807) is 30.3 Å². The highest BCUT2D eigenvalue weighted by molar-refractivity contribution is 6.30. The first-order valence-electron chi connectivity index (χ1n) is 10.8. The lowest BCUT2D eigenvalue weighted by Gasteiger charge is -2.32. The standard InChI is InChI=1S/C25H24ClF3N2O/c1-15(24(32)31-19-11-9-18(26)10-12-19)16-5-7-17(8-6-16)20-13-14-30-23-21(20)3-2-4-22(23)25(27,28)29/h2-4,9-17H,5-8H2,1H3,(H,31,32)/t15-,16-,17-/m1/s1. The van der Waals surface area contributed by atoms with E-state index in [9.17, 15) is 18.0 Å². The molecule has 1 aliphatic carbocycles. The summed E-state index contributed by atoms with van der Waals surface area (Å²) in [4.78, 5) is 16.7. The Bertz CT molecular complexity index is 1110. The van der Waals surface area contributed by atoms with Crippen molar-refractivity contribution >= 4 is 34.1 Å². The molecule has 7 heteroatoms. The maximum atomic E-state index is 13.4. The van der Waals surface area contributed by atoms with E-state index in [-0.39, 0.29) is 29.2 Å². The van der Waals surface area contributed by atoms with E-state index in [0.717, 1.165) is 37.3 Å². The molecule has 2 aromatic carbocycles. The van der Waals surface area contributed by atoms with Crippen molar-refractivity contribution in [3.05, 3.63) is 70.9 Å². The average Bonchev–Trinajstić information content (AvgIpc) is 2.78. The van der Waals surface area contributed by atoms with E-state index in [0.29, 0.717) is 16.1 Å². The van der Waals surface area contributed by atoms with Gasteiger partial charge in [0.25, 0.3) is 0 Å². The Labute approximate surface area is 190 Å². The molecule has 0 bridgehead atoms. The lowest BCUT2D eigenvalue weighted by atomic mass is 9.73. The second-order valence-corrected chi connectivity index (χ2v) is 8.93. The van der Waals surface area contributed by atoms with Crippen molar-refractivity contribution in [3.8, 4) is 0 Å². The van der Waals surface area contributed by atoms with Crippen molar-refractivity contribution < 1.29 is 18.0 Å². The highest BCUT2D eigenvalue weighted by atomic mass is 35.5. The zero-order chi connectivity index (χ0) is 22.9. The van der Waals surface area contributed by atoms with Crippen LogP contribution >= 0.6 is 11.6 Å². The number of carbonyl (C=O) groups excluding carboxylic acids is 1. The van der Waals surface area contributed by atoms with Crippen LogP contribution in [0.3, 0.4) is 0 Å². The van der Waals surface area contributed by atoms with Gasteiger partial charge in [0.05, 0.1) is 11.1 Å². The fraction of sp³-hybridized carbons (Fsp3) is 0.360. The second kappa shape index (κ2) is 9.10. The first kappa shape index (κ1) is 22.6. The molecule has 0 unspecified atom stereocenters. The molecule has 1 aliphatic rings. The van der Waals surface area contributed by atoms with Gasteiger partial charge in [-0.3, -0.25) is 9.78 Å². The maximum Gasteiger partial charge on any atom is 0.418 e. The number of hydrogen-bond donors (Lipinski definition) is 1. The molecule has 1 amide bonds. The summed E-state index contributed by atoms with van der Waals surface area (Å²) >= 11 is 5.89. The second-order valence-electron chi connectivity index (χ2n) is 8.50. The molecule has 1 aromatic heterocycles. The lowest BCUT2D eigenvalue weighted by Crippen LogP contribution is -2.29. The van der Waals surface area contributed by atoms with Gasteiger partial charge in [0, 0.05) is 28.2 Å². The van der Waals surface area contributed by atoms with Crippen LogP contribution in [0.2, 0.25) is 5.02 Å². The van der Waals surface area contributed by atoms with Crippen molar-refractivity contribution in [3.63, 3.8) is 0 Å². The van der Waals surface area contributed by atoms with E-state index >= 15 is 0 Å². The summed E-state index contributed by atoms with van der Waals surface area (Å²) in [6.07, 6.45) is 0.402. The lowest BCUT2D eigenvalue weighted by molar-refractivity contribution is -0.136. The van der Waals surface area contributed by atoms with E-state index in [4.69, 9.17) is 11.6 Å². The first-order chi connectivity index (χ1) is 15.2. The minimum Gasteiger partial charge on any atom is -0.326 e. The predicted octanol–water partition coefficient (Wildman–Crippen LogP) is 7.46. The van der Waals surface area contributed by atoms with Gasteiger partial charge in [-0.05, 0) is 79.5 Å². The van der Waals surface area contributed by atoms with Crippen LogP contribution in [0.25, 0.3) is 10.9 Å². The van der Waals surface area contributed by atoms with Crippen molar-refractivity contribution in [1.82, 2.24) is 4.98 Å². The molecular weight excluding hydrogens is 437 g/mol. The molecule has 0 spiro atoms. The Balaban J connectivity index is 1.45. The van der Waals surface area contributed by atoms with Gasteiger partial charge in [-0.25, -0.2) is 0 Å². The van der Waals surface area contributed by atoms with Crippen LogP contribution in [0.15, 0.2) is 54.7 Å². The fourth-order valence-electron chi connectivity index (χ4n) is 4.72. The predicted molar refractivity (Wildman–Crippen MR) is 121 cm³/mol. The molecule has 32 heavy (non-hydrogen) atoms. The Kier molecular flexibility index (Phi) is 6.42. The molecule has 0 saturated heterocycles. The minimum atomic E-state index is -4.43. The SMILES string of the molecule is C[C@@H](C(=O)Nc1ccc(Cl)cc1)[C@H]1CC[C@H](c2ccnc3c(C(F)(F)F)cccc32)CC1. The van der Waals surface area contributed by atoms with Gasteiger partial charge in [0.2, 0.25) is 5.91 Å². The number of benzene rings is 2. The summed E-state index contributed by atoms with van der Waals surface area (Å²) in [7, 11) is 0. The van der Waals surface area contributed by atoms with Crippen LogP contribution in [0, 0.1) is 11.8 Å². The molecule has 168 valence electrons. The van der Waals surface area contributed by atoms with E-state index in [1.165, 1.54) is 12.3 Å². The number of para-hydroxylation sites is 1. The van der Waals surface area contributed by atoms with E-state index in [2.05, 4.69) is 10.3 Å². The first-order valence-corrected chi connectivity index (χ1v) is 11.1. The molecular formula is C25H24ClF3N2O. The van der Waals surface area contributed by atoms with Crippen LogP contribution in [-0.4, -0.2) is 10.9 Å². The third kappa shape index (κ3) is 4.75. The van der Waals surface area contributed by atoms with Crippen LogP contribution < -0.4 is 5.32 Å². The maximum absolute atomic E-state index is 13.4. The van der Waals surface area contributed by atoms with Gasteiger partial charge >= 0.3 is 6.18 Å². The molecule has 3 aromatic rings. The zero-order valence-corrected chi connectivity index (χ0v) is 18.4. The zero-order valence-electron chi connectivity index (χ0n) is 17.6. The molecule has 1 atom stereocenters. The third-order valence-corrected chi connectivity index (χ3v) is 6.81. The van der Waals surface area contributed by atoms with E-state index in [1.807, 2.05) is 13.0 Å². The van der Waals surface area contributed by atoms with Crippen LogP contribution in [0.5, 0.6) is 0 Å². The molecule has 1 N–H and O–H groups in total. The van der Waals surface area contributed by atoms with Crippen LogP contribution in [-0.2, 0) is 11.0 Å². The highest BCUT2D eigenvalue weighted by Gasteiger charge is 2.34. The molecule has 1 fully saturated rings. The quantitative estimate of drug-likeness (QED) is 0.439. The number of anilines is 1. The number of alkyl halides is 3. The third-order valence-electron chi connectivity index (χ3n) is 6.55. The minimum absolute atomic E-state index is 0.00957. The monoisotopic (exact) mass is 460 g/mol. The van der Waals surface area contributed by atoms with Gasteiger partial charge in [-0.2, -0.15) is 13.2 Å². The number of amides is 1. The van der Waals surface area contributed by atoms with Gasteiger partial charge < -0.3 is 5.32 Å². The Hall–Kier alpha value is -2.60. The summed E-state index contributed by atoms with van der Waals surface area (Å²) in [5.74, 6) is 0.210. The normalized spacial score (nSPS) is 20.2. The fourth-order valence-corrected chi connectivity index (χ4v) is 4.84. The summed E-state index contributed by atoms with van der Waals surface area (Å²) in [5.41, 5.74) is 0.940. The smallest absolute Gasteiger partial charge is 0.326 e. The van der Waals surface area contributed by atoms with E-state index < -0.39 is 11.7 Å². The van der Waals surface area contributed by atoms with Gasteiger partial charge in [-0.1, -0.05) is 30.7 Å². The molecule has 3 nitrogen and oxygen atoms in total. The topological polar surface area (TPSA) is 42.0 Å². The molecule has 0 aliphatic heterocycles. The number of rotatable bonds is 4. The van der Waals surface area contributed by atoms with Crippen molar-refractivity contribution in [2.24, 2.45) is 11.8 Å². The summed E-state index contributed by atoms with van der Waals surface area (Å²) in [5, 5.41) is 4.12. The summed E-state index contributed by atoms with van der Waals surface area (Å²) < 4.78 is 40.2. The van der Waals surface area contributed by atoms with Crippen LogP contribution in [0.1, 0.15) is 49.7 Å². The average molecular weight is 461 g/mol. The van der Waals surface area contributed by atoms with Gasteiger partial charge in [0.15, 0.2) is 0 Å². The van der Waals surface area contributed by atoms with Crippen molar-refractivity contribution in [1.29, 1.82) is 0 Å². The summed E-state index contributed by atoms with van der Waals surface area (Å²) in [6, 6.07) is 13.1. The number of pyridine rings is 1. The largest absolute Gasteiger partial charge is 0.418 e. The van der Waals surface area contributed by atoms with Crippen molar-refractivity contribution in [2.75, 3.05) is 5.32 Å². The number of aromatic nitrogens is 1. The Morgan fingerprint density at radius 1 is 1.06 bits per heavy atom. The Morgan fingerprint density at radius 2 is 1.75 bits per heavy atom. The van der Waals surface area contributed by atoms with Gasteiger partial charge in [-0.15, -0.1) is 0 Å². The molecule has 4 rings (SSSR count). The van der Waals surface area contributed by atoms with Gasteiger partial charge in [0.1, 0.15) is 0 Å². The number of hydrogen-bond acceptors (Lipinski definition) is 2. The van der Waals surface area contributed by atoms with Crippen LogP contribution in [0.4, 0.5) is 18.9 Å². The molecule has 0 radical (unpaired) electrons. The number of halogens is 4. The molecule has 1 saturated carbocycles. The highest BCUT2D eigenvalue weighted by Crippen LogP contribution is 2.42. The number of nitrogens with zero attached hydrogens (tertiary/aromatic N) is 1. The Morgan fingerprint density at radius 3 is 2.41 bits per heavy atom. The number of fused-ring (bicyclic) bond motifs is 1. The number of nitrogens with one attached hydrogen (secondary N) is 1. The van der Waals surface area contributed by atoms with Crippen molar-refractivity contribution in [2.45, 2.75) is 44.7 Å². The number of carbonyl (C=O) groups is 1. The molecule has 1 heterocycles. The summed E-state index contributed by atoms with van der Waals surface area (Å²) in [6.45, 7) is 1.94.